The molecule has 0 saturated carbocycles. The van der Waals surface area contributed by atoms with E-state index in [2.05, 4.69) is 11.8 Å². The Morgan fingerprint density at radius 1 is 1.19 bits per heavy atom. The van der Waals surface area contributed by atoms with Crippen LogP contribution in [0.5, 0.6) is 5.75 Å². The summed E-state index contributed by atoms with van der Waals surface area (Å²) in [5.74, 6) is 6.84. The summed E-state index contributed by atoms with van der Waals surface area (Å²) in [6, 6.07) is 7.61. The quantitative estimate of drug-likeness (QED) is 0.858. The number of likely N-dealkylation sites (tertiary alicyclic amines) is 1. The molecule has 0 bridgehead atoms. The van der Waals surface area contributed by atoms with Crippen LogP contribution in [0.2, 0.25) is 0 Å². The van der Waals surface area contributed by atoms with Crippen LogP contribution >= 0.6 is 0 Å². The smallest absolute Gasteiger partial charge is 0.222 e. The van der Waals surface area contributed by atoms with Crippen LogP contribution in [0.25, 0.3) is 0 Å². The number of carbonyl (C=O) groups excluding carboxylic acids is 1. The molecule has 1 amide bonds. The minimum Gasteiger partial charge on any atom is -0.492 e. The molecule has 1 aromatic carbocycles. The second kappa shape index (κ2) is 8.33. The molecule has 0 spiro atoms. The van der Waals surface area contributed by atoms with E-state index in [0.717, 1.165) is 37.1 Å². The van der Waals surface area contributed by atoms with Gasteiger partial charge in [-0.3, -0.25) is 4.79 Å². The minimum absolute atomic E-state index is 0.253. The van der Waals surface area contributed by atoms with E-state index in [9.17, 15) is 4.79 Å². The van der Waals surface area contributed by atoms with E-state index in [-0.39, 0.29) is 5.91 Å². The van der Waals surface area contributed by atoms with Crippen LogP contribution in [0, 0.1) is 11.8 Å². The number of nitrogens with two attached hydrogens (primary N) is 1. The molecule has 0 unspecified atom stereocenters. The summed E-state index contributed by atoms with van der Waals surface area (Å²) in [7, 11) is 0. The minimum atomic E-state index is 0.253. The first kappa shape index (κ1) is 15.4. The van der Waals surface area contributed by atoms with E-state index in [1.807, 2.05) is 29.2 Å². The number of hydrogen-bond donors (Lipinski definition) is 1. The summed E-state index contributed by atoms with van der Waals surface area (Å²) in [4.78, 5) is 13.8. The number of amides is 1. The maximum absolute atomic E-state index is 11.8. The van der Waals surface area contributed by atoms with Crippen molar-refractivity contribution in [2.75, 3.05) is 26.2 Å². The van der Waals surface area contributed by atoms with E-state index in [1.54, 1.807) is 0 Å². The number of nitrogens with zero attached hydrogens (tertiary/aromatic N) is 1. The molecule has 4 heteroatoms. The highest BCUT2D eigenvalue weighted by Gasteiger charge is 2.15. The van der Waals surface area contributed by atoms with Crippen molar-refractivity contribution < 1.29 is 9.53 Å². The van der Waals surface area contributed by atoms with Crippen molar-refractivity contribution in [2.45, 2.75) is 25.7 Å². The highest BCUT2D eigenvalue weighted by Crippen LogP contribution is 2.13. The number of rotatable bonds is 4. The van der Waals surface area contributed by atoms with Crippen molar-refractivity contribution in [3.05, 3.63) is 29.8 Å². The third-order valence-electron chi connectivity index (χ3n) is 3.49. The predicted molar refractivity (Wildman–Crippen MR) is 82.9 cm³/mol. The molecule has 0 atom stereocenters. The molecule has 0 aliphatic carbocycles. The van der Waals surface area contributed by atoms with E-state index < -0.39 is 0 Å². The van der Waals surface area contributed by atoms with E-state index in [4.69, 9.17) is 10.5 Å². The highest BCUT2D eigenvalue weighted by atomic mass is 16.5. The van der Waals surface area contributed by atoms with Gasteiger partial charge in [0.05, 0.1) is 13.1 Å². The average Bonchev–Trinajstić information content (AvgIpc) is 2.71. The zero-order chi connectivity index (χ0) is 14.9. The monoisotopic (exact) mass is 286 g/mol. The second-order valence-corrected chi connectivity index (χ2v) is 5.07. The van der Waals surface area contributed by atoms with Crippen molar-refractivity contribution in [3.63, 3.8) is 0 Å². The molecular formula is C17H22N2O2. The zero-order valence-corrected chi connectivity index (χ0v) is 12.3. The third kappa shape index (κ3) is 5.13. The van der Waals surface area contributed by atoms with Crippen LogP contribution in [0.4, 0.5) is 0 Å². The molecule has 1 saturated heterocycles. The summed E-state index contributed by atoms with van der Waals surface area (Å²) in [5.41, 5.74) is 6.26. The van der Waals surface area contributed by atoms with Crippen LogP contribution in [0.15, 0.2) is 24.3 Å². The van der Waals surface area contributed by atoms with Gasteiger partial charge in [0.15, 0.2) is 0 Å². The molecule has 1 aromatic rings. The SMILES string of the molecule is NCC#Cc1ccc(OCCN2CCCCCC2=O)cc1. The second-order valence-electron chi connectivity index (χ2n) is 5.07. The van der Waals surface area contributed by atoms with Gasteiger partial charge in [-0.05, 0) is 37.1 Å². The molecule has 2 N–H and O–H groups in total. The number of benzene rings is 1. The van der Waals surface area contributed by atoms with Gasteiger partial charge in [-0.2, -0.15) is 0 Å². The lowest BCUT2D eigenvalue weighted by Crippen LogP contribution is -2.34. The maximum atomic E-state index is 11.8. The molecule has 4 nitrogen and oxygen atoms in total. The Labute approximate surface area is 126 Å². The Morgan fingerprint density at radius 2 is 2.00 bits per heavy atom. The van der Waals surface area contributed by atoms with Gasteiger partial charge < -0.3 is 15.4 Å². The van der Waals surface area contributed by atoms with Crippen LogP contribution in [0.3, 0.4) is 0 Å². The van der Waals surface area contributed by atoms with E-state index in [1.165, 1.54) is 0 Å². The van der Waals surface area contributed by atoms with Crippen molar-refractivity contribution in [3.8, 4) is 17.6 Å². The lowest BCUT2D eigenvalue weighted by molar-refractivity contribution is -0.131. The number of ether oxygens (including phenoxy) is 1. The molecule has 0 aromatic heterocycles. The largest absolute Gasteiger partial charge is 0.492 e. The van der Waals surface area contributed by atoms with Gasteiger partial charge in [-0.25, -0.2) is 0 Å². The molecule has 1 fully saturated rings. The van der Waals surface area contributed by atoms with Crippen molar-refractivity contribution >= 4 is 5.91 Å². The van der Waals surface area contributed by atoms with E-state index >= 15 is 0 Å². The van der Waals surface area contributed by atoms with Crippen LogP contribution in [0.1, 0.15) is 31.2 Å². The molecule has 112 valence electrons. The van der Waals surface area contributed by atoms with Gasteiger partial charge >= 0.3 is 0 Å². The van der Waals surface area contributed by atoms with Crippen LogP contribution in [-0.2, 0) is 4.79 Å². The van der Waals surface area contributed by atoms with Crippen molar-refractivity contribution in [2.24, 2.45) is 5.73 Å². The lowest BCUT2D eigenvalue weighted by atomic mass is 10.2. The van der Waals surface area contributed by atoms with Gasteiger partial charge in [-0.15, -0.1) is 0 Å². The average molecular weight is 286 g/mol. The summed E-state index contributed by atoms with van der Waals surface area (Å²) in [6.45, 7) is 2.41. The molecule has 2 rings (SSSR count). The van der Waals surface area contributed by atoms with Gasteiger partial charge in [0, 0.05) is 18.5 Å². The van der Waals surface area contributed by atoms with Crippen molar-refractivity contribution in [1.29, 1.82) is 0 Å². The molecule has 1 heterocycles. The van der Waals surface area contributed by atoms with Crippen LogP contribution in [-0.4, -0.2) is 37.0 Å². The summed E-state index contributed by atoms with van der Waals surface area (Å²) in [6.07, 6.45) is 3.94. The fraction of sp³-hybridized carbons (Fsp3) is 0.471. The Hall–Kier alpha value is -1.99. The predicted octanol–water partition coefficient (Wildman–Crippen LogP) is 1.78. The van der Waals surface area contributed by atoms with Gasteiger partial charge in [0.1, 0.15) is 12.4 Å². The first-order chi connectivity index (χ1) is 10.3. The molecule has 0 radical (unpaired) electrons. The fourth-order valence-electron chi connectivity index (χ4n) is 2.34. The first-order valence-corrected chi connectivity index (χ1v) is 7.49. The molecule has 1 aliphatic heterocycles. The maximum Gasteiger partial charge on any atom is 0.222 e. The number of carbonyl (C=O) groups is 1. The Morgan fingerprint density at radius 3 is 2.76 bits per heavy atom. The van der Waals surface area contributed by atoms with Crippen LogP contribution < -0.4 is 10.5 Å². The number of hydrogen-bond acceptors (Lipinski definition) is 3. The summed E-state index contributed by atoms with van der Waals surface area (Å²) >= 11 is 0. The van der Waals surface area contributed by atoms with Crippen molar-refractivity contribution in [1.82, 2.24) is 4.90 Å². The summed E-state index contributed by atoms with van der Waals surface area (Å²) < 4.78 is 5.69. The third-order valence-corrected chi connectivity index (χ3v) is 3.49. The van der Waals surface area contributed by atoms with Gasteiger partial charge in [0.25, 0.3) is 0 Å². The van der Waals surface area contributed by atoms with Gasteiger partial charge in [-0.1, -0.05) is 18.3 Å². The zero-order valence-electron chi connectivity index (χ0n) is 12.3. The Kier molecular flexibility index (Phi) is 6.11. The topological polar surface area (TPSA) is 55.6 Å². The fourth-order valence-corrected chi connectivity index (χ4v) is 2.34. The molecule has 1 aliphatic rings. The highest BCUT2D eigenvalue weighted by molar-refractivity contribution is 5.76. The Bertz CT molecular complexity index is 514. The first-order valence-electron chi connectivity index (χ1n) is 7.49. The molecule has 21 heavy (non-hydrogen) atoms. The lowest BCUT2D eigenvalue weighted by Gasteiger charge is -2.20. The molecular weight excluding hydrogens is 264 g/mol. The standard InChI is InChI=1S/C17H22N2O2/c18-11-4-5-15-7-9-16(10-8-15)21-14-13-19-12-3-1-2-6-17(19)20/h7-10H,1-3,6,11-14,18H2. The normalized spacial score (nSPS) is 15.1. The summed E-state index contributed by atoms with van der Waals surface area (Å²) in [5, 5.41) is 0. The van der Waals surface area contributed by atoms with Gasteiger partial charge in [0.2, 0.25) is 5.91 Å². The Balaban J connectivity index is 1.78. The van der Waals surface area contributed by atoms with E-state index in [0.29, 0.717) is 26.1 Å².